The van der Waals surface area contributed by atoms with Gasteiger partial charge in [-0.2, -0.15) is 0 Å². The summed E-state index contributed by atoms with van der Waals surface area (Å²) in [5.41, 5.74) is 2.24. The summed E-state index contributed by atoms with van der Waals surface area (Å²) >= 11 is 5.95. The largest absolute Gasteiger partial charge is 0.376 e. The lowest BCUT2D eigenvalue weighted by Gasteiger charge is -2.14. The molecule has 0 amide bonds. The van der Waals surface area contributed by atoms with Crippen molar-refractivity contribution < 1.29 is 4.74 Å². The Hall–Kier alpha value is -0.830. The molecule has 0 heterocycles. The molecule has 0 spiro atoms. The van der Waals surface area contributed by atoms with Gasteiger partial charge in [0.25, 0.3) is 0 Å². The Morgan fingerprint density at radius 3 is 2.94 bits per heavy atom. The average Bonchev–Trinajstić information content (AvgIpc) is 2.28. The second-order valence-electron chi connectivity index (χ2n) is 4.24. The number of benzene rings is 1. The van der Waals surface area contributed by atoms with Gasteiger partial charge in [0.15, 0.2) is 0 Å². The fourth-order valence-electron chi connectivity index (χ4n) is 1.49. The van der Waals surface area contributed by atoms with Crippen LogP contribution in [0.25, 0.3) is 0 Å². The van der Waals surface area contributed by atoms with Gasteiger partial charge in [0.2, 0.25) is 0 Å². The van der Waals surface area contributed by atoms with Gasteiger partial charge in [0.05, 0.1) is 13.2 Å². The summed E-state index contributed by atoms with van der Waals surface area (Å²) in [6.07, 6.45) is 0. The highest BCUT2D eigenvalue weighted by Crippen LogP contribution is 2.16. The second-order valence-corrected chi connectivity index (χ2v) is 4.68. The molecule has 0 bridgehead atoms. The van der Waals surface area contributed by atoms with Crippen LogP contribution < -0.4 is 5.32 Å². The topological polar surface area (TPSA) is 21.3 Å². The van der Waals surface area contributed by atoms with Crippen LogP contribution in [-0.2, 0) is 4.74 Å². The molecule has 1 N–H and O–H groups in total. The van der Waals surface area contributed by atoms with Crippen molar-refractivity contribution in [2.45, 2.75) is 19.9 Å². The van der Waals surface area contributed by atoms with E-state index in [-0.39, 0.29) is 6.04 Å². The summed E-state index contributed by atoms with van der Waals surface area (Å²) in [7, 11) is 0. The highest BCUT2D eigenvalue weighted by Gasteiger charge is 2.04. The third-order valence-electron chi connectivity index (χ3n) is 2.39. The Labute approximate surface area is 109 Å². The van der Waals surface area contributed by atoms with E-state index in [2.05, 4.69) is 24.9 Å². The van der Waals surface area contributed by atoms with Gasteiger partial charge in [0.1, 0.15) is 0 Å². The molecule has 0 saturated carbocycles. The maximum atomic E-state index is 5.95. The van der Waals surface area contributed by atoms with Gasteiger partial charge in [0, 0.05) is 17.6 Å². The van der Waals surface area contributed by atoms with E-state index in [1.807, 2.05) is 25.1 Å². The van der Waals surface area contributed by atoms with E-state index < -0.39 is 0 Å². The maximum Gasteiger partial charge on any atom is 0.0672 e. The number of nitrogens with one attached hydrogen (secondary N) is 1. The third-order valence-corrected chi connectivity index (χ3v) is 2.63. The first kappa shape index (κ1) is 14.2. The molecule has 1 atom stereocenters. The summed E-state index contributed by atoms with van der Waals surface area (Å²) in [4.78, 5) is 0. The van der Waals surface area contributed by atoms with Gasteiger partial charge in [-0.3, -0.25) is 0 Å². The van der Waals surface area contributed by atoms with Crippen LogP contribution in [-0.4, -0.2) is 19.8 Å². The van der Waals surface area contributed by atoms with E-state index in [1.165, 1.54) is 5.56 Å². The molecule has 1 aromatic rings. The first-order valence-corrected chi connectivity index (χ1v) is 6.18. The first-order chi connectivity index (χ1) is 8.09. The minimum absolute atomic E-state index is 0.280. The summed E-state index contributed by atoms with van der Waals surface area (Å²) < 4.78 is 5.42. The highest BCUT2D eigenvalue weighted by atomic mass is 35.5. The molecule has 0 radical (unpaired) electrons. The van der Waals surface area contributed by atoms with Crippen molar-refractivity contribution in [2.75, 3.05) is 19.8 Å². The molecule has 1 unspecified atom stereocenters. The van der Waals surface area contributed by atoms with Gasteiger partial charge in [-0.05, 0) is 31.5 Å². The Bertz CT molecular complexity index is 365. The van der Waals surface area contributed by atoms with Gasteiger partial charge in [-0.1, -0.05) is 35.9 Å². The van der Waals surface area contributed by atoms with E-state index in [1.54, 1.807) is 0 Å². The zero-order chi connectivity index (χ0) is 12.7. The van der Waals surface area contributed by atoms with Crippen molar-refractivity contribution in [3.8, 4) is 0 Å². The SMILES string of the molecule is C=C(C)COCCNC(C)c1cccc(Cl)c1. The Balaban J connectivity index is 2.25. The quantitative estimate of drug-likeness (QED) is 0.592. The van der Waals surface area contributed by atoms with Crippen LogP contribution in [0.1, 0.15) is 25.5 Å². The van der Waals surface area contributed by atoms with Gasteiger partial charge < -0.3 is 10.1 Å². The molecule has 0 aromatic heterocycles. The Kier molecular flexibility index (Phi) is 6.27. The minimum atomic E-state index is 0.280. The number of hydrogen-bond donors (Lipinski definition) is 1. The number of rotatable bonds is 7. The van der Waals surface area contributed by atoms with Crippen LogP contribution >= 0.6 is 11.6 Å². The van der Waals surface area contributed by atoms with E-state index in [0.717, 1.165) is 17.1 Å². The van der Waals surface area contributed by atoms with Crippen LogP contribution in [0.5, 0.6) is 0 Å². The summed E-state index contributed by atoms with van der Waals surface area (Å²) in [5, 5.41) is 4.16. The third kappa shape index (κ3) is 5.87. The molecule has 2 nitrogen and oxygen atoms in total. The predicted octanol–water partition coefficient (Wildman–Crippen LogP) is 3.58. The van der Waals surface area contributed by atoms with Crippen molar-refractivity contribution in [2.24, 2.45) is 0 Å². The van der Waals surface area contributed by atoms with Crippen molar-refractivity contribution in [3.63, 3.8) is 0 Å². The van der Waals surface area contributed by atoms with Crippen molar-refractivity contribution in [3.05, 3.63) is 47.0 Å². The summed E-state index contributed by atoms with van der Waals surface area (Å²) in [5.74, 6) is 0. The van der Waals surface area contributed by atoms with Crippen LogP contribution in [0.15, 0.2) is 36.4 Å². The summed E-state index contributed by atoms with van der Waals surface area (Å²) in [6, 6.07) is 8.18. The van der Waals surface area contributed by atoms with Crippen LogP contribution in [0, 0.1) is 0 Å². The normalized spacial score (nSPS) is 12.4. The Morgan fingerprint density at radius 2 is 2.29 bits per heavy atom. The van der Waals surface area contributed by atoms with Crippen LogP contribution in [0.3, 0.4) is 0 Å². The molecule has 1 aromatic carbocycles. The molecule has 0 fully saturated rings. The second kappa shape index (κ2) is 7.49. The molecule has 0 aliphatic rings. The van der Waals surface area contributed by atoms with E-state index >= 15 is 0 Å². The van der Waals surface area contributed by atoms with Crippen LogP contribution in [0.2, 0.25) is 5.02 Å². The Morgan fingerprint density at radius 1 is 1.53 bits per heavy atom. The summed E-state index contributed by atoms with van der Waals surface area (Å²) in [6.45, 7) is 10.0. The lowest BCUT2D eigenvalue weighted by atomic mass is 10.1. The minimum Gasteiger partial charge on any atom is -0.376 e. The molecular weight excluding hydrogens is 234 g/mol. The first-order valence-electron chi connectivity index (χ1n) is 5.80. The molecule has 0 aliphatic carbocycles. The zero-order valence-corrected chi connectivity index (χ0v) is 11.3. The number of halogens is 1. The van der Waals surface area contributed by atoms with E-state index in [9.17, 15) is 0 Å². The van der Waals surface area contributed by atoms with Crippen LogP contribution in [0.4, 0.5) is 0 Å². The van der Waals surface area contributed by atoms with Gasteiger partial charge in [-0.25, -0.2) is 0 Å². The average molecular weight is 254 g/mol. The molecule has 3 heteroatoms. The van der Waals surface area contributed by atoms with Crippen molar-refractivity contribution >= 4 is 11.6 Å². The highest BCUT2D eigenvalue weighted by molar-refractivity contribution is 6.30. The van der Waals surface area contributed by atoms with Gasteiger partial charge in [-0.15, -0.1) is 0 Å². The predicted molar refractivity (Wildman–Crippen MR) is 73.5 cm³/mol. The smallest absolute Gasteiger partial charge is 0.0672 e. The lowest BCUT2D eigenvalue weighted by Crippen LogP contribution is -2.23. The number of ether oxygens (including phenoxy) is 1. The molecule has 1 rings (SSSR count). The number of hydrogen-bond acceptors (Lipinski definition) is 2. The molecule has 0 aliphatic heterocycles. The van der Waals surface area contributed by atoms with E-state index in [4.69, 9.17) is 16.3 Å². The van der Waals surface area contributed by atoms with E-state index in [0.29, 0.717) is 13.2 Å². The molecule has 0 saturated heterocycles. The van der Waals surface area contributed by atoms with Gasteiger partial charge >= 0.3 is 0 Å². The van der Waals surface area contributed by atoms with Crippen molar-refractivity contribution in [1.82, 2.24) is 5.32 Å². The van der Waals surface area contributed by atoms with Crippen molar-refractivity contribution in [1.29, 1.82) is 0 Å². The molecule has 17 heavy (non-hydrogen) atoms. The molecule has 94 valence electrons. The zero-order valence-electron chi connectivity index (χ0n) is 10.5. The molecular formula is C14H20ClNO. The lowest BCUT2D eigenvalue weighted by molar-refractivity contribution is 0.156. The standard InChI is InChI=1S/C14H20ClNO/c1-11(2)10-17-8-7-16-12(3)13-5-4-6-14(15)9-13/h4-6,9,12,16H,1,7-8,10H2,2-3H3. The monoisotopic (exact) mass is 253 g/mol. The maximum absolute atomic E-state index is 5.95. The fourth-order valence-corrected chi connectivity index (χ4v) is 1.69. The fraction of sp³-hybridized carbons (Fsp3) is 0.429.